The summed E-state index contributed by atoms with van der Waals surface area (Å²) in [5, 5.41) is 0. The summed E-state index contributed by atoms with van der Waals surface area (Å²) < 4.78 is 16.7. The minimum absolute atomic E-state index is 0.256. The van der Waals surface area contributed by atoms with Gasteiger partial charge in [0.05, 0.1) is 26.8 Å². The first-order valence-corrected chi connectivity index (χ1v) is 5.57. The molecule has 1 atom stereocenters. The van der Waals surface area contributed by atoms with Crippen molar-refractivity contribution in [1.29, 1.82) is 0 Å². The van der Waals surface area contributed by atoms with Crippen LogP contribution in [-0.4, -0.2) is 42.9 Å². The second-order valence-electron chi connectivity index (χ2n) is 4.21. The van der Waals surface area contributed by atoms with Gasteiger partial charge >= 0.3 is 7.60 Å². The van der Waals surface area contributed by atoms with Crippen molar-refractivity contribution in [3.63, 3.8) is 0 Å². The molecule has 0 heterocycles. The summed E-state index contributed by atoms with van der Waals surface area (Å²) in [4.78, 5) is 9.28. The van der Waals surface area contributed by atoms with Crippen LogP contribution in [0.25, 0.3) is 0 Å². The van der Waals surface area contributed by atoms with Crippen LogP contribution in [-0.2, 0) is 9.09 Å². The lowest BCUT2D eigenvalue weighted by Crippen LogP contribution is -2.36. The van der Waals surface area contributed by atoms with Crippen LogP contribution in [0.5, 0.6) is 0 Å². The number of quaternary nitrogens is 1. The monoisotopic (exact) mass is 196 g/mol. The van der Waals surface area contributed by atoms with Gasteiger partial charge in [-0.2, -0.15) is 0 Å². The van der Waals surface area contributed by atoms with E-state index in [-0.39, 0.29) is 12.4 Å². The first-order valence-electron chi connectivity index (χ1n) is 3.92. The van der Waals surface area contributed by atoms with Crippen molar-refractivity contribution < 1.29 is 18.5 Å². The molecular formula is C7H19NO3P+. The highest BCUT2D eigenvalue weighted by Gasteiger charge is 2.26. The van der Waals surface area contributed by atoms with Gasteiger partial charge in [0.15, 0.2) is 6.73 Å². The Morgan fingerprint density at radius 2 is 1.83 bits per heavy atom. The van der Waals surface area contributed by atoms with Crippen molar-refractivity contribution in [2.24, 2.45) is 0 Å². The summed E-state index contributed by atoms with van der Waals surface area (Å²) in [5.74, 6) is 0. The first-order chi connectivity index (χ1) is 5.15. The van der Waals surface area contributed by atoms with E-state index in [1.165, 1.54) is 0 Å². The Morgan fingerprint density at radius 3 is 2.08 bits per heavy atom. The molecule has 0 rings (SSSR count). The first kappa shape index (κ1) is 12.1. The van der Waals surface area contributed by atoms with Gasteiger partial charge in [0.1, 0.15) is 0 Å². The minimum atomic E-state index is -3.38. The molecule has 0 aliphatic rings. The van der Waals surface area contributed by atoms with Gasteiger partial charge < -0.3 is 9.38 Å². The lowest BCUT2D eigenvalue weighted by atomic mass is 10.6. The van der Waals surface area contributed by atoms with Gasteiger partial charge in [-0.3, -0.25) is 9.09 Å². The van der Waals surface area contributed by atoms with Crippen molar-refractivity contribution in [2.75, 3.05) is 27.9 Å². The molecular weight excluding hydrogens is 177 g/mol. The summed E-state index contributed by atoms with van der Waals surface area (Å²) in [6.45, 7) is 3.61. The van der Waals surface area contributed by atoms with Crippen LogP contribution >= 0.6 is 7.60 Å². The van der Waals surface area contributed by atoms with E-state index < -0.39 is 7.60 Å². The molecule has 0 aliphatic carbocycles. The molecule has 1 unspecified atom stereocenters. The average Bonchev–Trinajstić information content (AvgIpc) is 1.82. The van der Waals surface area contributed by atoms with Crippen molar-refractivity contribution in [2.45, 2.75) is 19.5 Å². The Morgan fingerprint density at radius 1 is 1.42 bits per heavy atom. The maximum Gasteiger partial charge on any atom is 0.335 e. The zero-order chi connectivity index (χ0) is 9.99. The Hall–Kier alpha value is 0.110. The SMILES string of the molecule is CC(C)P(=O)(O)OC[N+](C)(C)C. The summed E-state index contributed by atoms with van der Waals surface area (Å²) in [6, 6.07) is 0. The number of hydrogen-bond donors (Lipinski definition) is 1. The molecule has 12 heavy (non-hydrogen) atoms. The van der Waals surface area contributed by atoms with E-state index in [4.69, 9.17) is 4.52 Å². The third-order valence-corrected chi connectivity index (χ3v) is 3.07. The minimum Gasteiger partial charge on any atom is -0.324 e. The van der Waals surface area contributed by atoms with E-state index in [2.05, 4.69) is 0 Å². The highest BCUT2D eigenvalue weighted by molar-refractivity contribution is 7.53. The Labute approximate surface area is 74.3 Å². The Balaban J connectivity index is 4.02. The molecule has 4 nitrogen and oxygen atoms in total. The van der Waals surface area contributed by atoms with E-state index >= 15 is 0 Å². The van der Waals surface area contributed by atoms with Gasteiger partial charge in [0.2, 0.25) is 0 Å². The van der Waals surface area contributed by atoms with Gasteiger partial charge in [0, 0.05) is 0 Å². The van der Waals surface area contributed by atoms with Crippen LogP contribution in [0.3, 0.4) is 0 Å². The van der Waals surface area contributed by atoms with Crippen LogP contribution in [0.2, 0.25) is 0 Å². The lowest BCUT2D eigenvalue weighted by Gasteiger charge is -2.25. The van der Waals surface area contributed by atoms with Crippen LogP contribution < -0.4 is 0 Å². The average molecular weight is 196 g/mol. The van der Waals surface area contributed by atoms with Gasteiger partial charge in [-0.05, 0) is 0 Å². The highest BCUT2D eigenvalue weighted by Crippen LogP contribution is 2.47. The second kappa shape index (κ2) is 3.88. The zero-order valence-electron chi connectivity index (χ0n) is 8.44. The van der Waals surface area contributed by atoms with Gasteiger partial charge in [-0.15, -0.1) is 0 Å². The normalized spacial score (nSPS) is 17.9. The van der Waals surface area contributed by atoms with Crippen molar-refractivity contribution in [3.8, 4) is 0 Å². The van der Waals surface area contributed by atoms with Gasteiger partial charge in [-0.25, -0.2) is 0 Å². The third-order valence-electron chi connectivity index (χ3n) is 1.28. The molecule has 0 fully saturated rings. The largest absolute Gasteiger partial charge is 0.335 e. The second-order valence-corrected chi connectivity index (χ2v) is 6.63. The number of hydrogen-bond acceptors (Lipinski definition) is 2. The Kier molecular flexibility index (Phi) is 3.91. The zero-order valence-corrected chi connectivity index (χ0v) is 9.34. The highest BCUT2D eigenvalue weighted by atomic mass is 31.2. The maximum absolute atomic E-state index is 11.3. The van der Waals surface area contributed by atoms with Crippen molar-refractivity contribution in [1.82, 2.24) is 0 Å². The molecule has 0 aliphatic heterocycles. The fourth-order valence-electron chi connectivity index (χ4n) is 0.405. The molecule has 0 saturated carbocycles. The van der Waals surface area contributed by atoms with Crippen LogP contribution in [0.4, 0.5) is 0 Å². The summed E-state index contributed by atoms with van der Waals surface area (Å²) >= 11 is 0. The molecule has 0 bridgehead atoms. The summed E-state index contributed by atoms with van der Waals surface area (Å²) in [5.41, 5.74) is -0.330. The molecule has 74 valence electrons. The quantitative estimate of drug-likeness (QED) is 0.418. The van der Waals surface area contributed by atoms with E-state index in [1.807, 2.05) is 21.1 Å². The van der Waals surface area contributed by atoms with E-state index in [0.29, 0.717) is 4.48 Å². The fourth-order valence-corrected chi connectivity index (χ4v) is 1.21. The third kappa shape index (κ3) is 4.88. The van der Waals surface area contributed by atoms with Gasteiger partial charge in [0.25, 0.3) is 0 Å². The molecule has 1 N–H and O–H groups in total. The van der Waals surface area contributed by atoms with E-state index in [0.717, 1.165) is 0 Å². The topological polar surface area (TPSA) is 46.5 Å². The van der Waals surface area contributed by atoms with Crippen molar-refractivity contribution >= 4 is 7.60 Å². The molecule has 0 saturated heterocycles. The number of nitrogens with zero attached hydrogens (tertiary/aromatic N) is 1. The van der Waals surface area contributed by atoms with Crippen LogP contribution in [0, 0.1) is 0 Å². The molecule has 0 aromatic carbocycles. The smallest absolute Gasteiger partial charge is 0.324 e. The number of rotatable bonds is 4. The maximum atomic E-state index is 11.3. The van der Waals surface area contributed by atoms with Gasteiger partial charge in [-0.1, -0.05) is 13.8 Å². The Bertz CT molecular complexity index is 186. The predicted octanol–water partition coefficient (Wildman–Crippen LogP) is 1.26. The molecule has 0 aromatic heterocycles. The molecule has 0 aromatic rings. The molecule has 0 amide bonds. The summed E-state index contributed by atoms with van der Waals surface area (Å²) in [7, 11) is 2.33. The van der Waals surface area contributed by atoms with Crippen LogP contribution in [0.1, 0.15) is 13.8 Å². The standard InChI is InChI=1S/C7H18NO3P/c1-7(2)12(9,10)11-6-8(3,4)5/h7H,6H2,1-5H3/p+1. The molecule has 0 spiro atoms. The fraction of sp³-hybridized carbons (Fsp3) is 1.00. The lowest BCUT2D eigenvalue weighted by molar-refractivity contribution is -0.886. The predicted molar refractivity (Wildman–Crippen MR) is 48.9 cm³/mol. The van der Waals surface area contributed by atoms with Crippen molar-refractivity contribution in [3.05, 3.63) is 0 Å². The van der Waals surface area contributed by atoms with E-state index in [9.17, 15) is 9.46 Å². The summed E-state index contributed by atoms with van der Waals surface area (Å²) in [6.07, 6.45) is 0. The van der Waals surface area contributed by atoms with E-state index in [1.54, 1.807) is 13.8 Å². The van der Waals surface area contributed by atoms with Crippen LogP contribution in [0.15, 0.2) is 0 Å². The molecule has 0 radical (unpaired) electrons. The molecule has 5 heteroatoms.